The molecule has 4 N–H and O–H groups in total. The molecule has 1 saturated carbocycles. The van der Waals surface area contributed by atoms with Gasteiger partial charge in [0.15, 0.2) is 0 Å². The number of aliphatic carboxylic acids is 1. The minimum Gasteiger partial charge on any atom is -0.481 e. The maximum absolute atomic E-state index is 12.0. The third kappa shape index (κ3) is 5.19. The van der Waals surface area contributed by atoms with Gasteiger partial charge in [-0.1, -0.05) is 33.1 Å². The lowest BCUT2D eigenvalue weighted by Crippen LogP contribution is -2.52. The van der Waals surface area contributed by atoms with Crippen molar-refractivity contribution < 1.29 is 14.7 Å². The van der Waals surface area contributed by atoms with Gasteiger partial charge in [0.25, 0.3) is 0 Å². The number of hydrogen-bond acceptors (Lipinski definition) is 3. The molecule has 0 spiro atoms. The molecule has 0 heterocycles. The van der Waals surface area contributed by atoms with Gasteiger partial charge in [-0.25, -0.2) is 0 Å². The topological polar surface area (TPSA) is 92.4 Å². The third-order valence-electron chi connectivity index (χ3n) is 3.98. The van der Waals surface area contributed by atoms with Crippen LogP contribution in [0.15, 0.2) is 0 Å². The van der Waals surface area contributed by atoms with Crippen LogP contribution in [0.3, 0.4) is 0 Å². The molecule has 19 heavy (non-hydrogen) atoms. The summed E-state index contributed by atoms with van der Waals surface area (Å²) < 4.78 is 0. The van der Waals surface area contributed by atoms with Crippen molar-refractivity contribution in [1.29, 1.82) is 0 Å². The van der Waals surface area contributed by atoms with Crippen LogP contribution in [0.1, 0.15) is 58.8 Å². The van der Waals surface area contributed by atoms with Gasteiger partial charge >= 0.3 is 5.97 Å². The lowest BCUT2D eigenvalue weighted by Gasteiger charge is -2.37. The second kappa shape index (κ2) is 6.89. The van der Waals surface area contributed by atoms with Gasteiger partial charge in [0.2, 0.25) is 5.91 Å². The summed E-state index contributed by atoms with van der Waals surface area (Å²) in [5.41, 5.74) is 5.33. The molecule has 0 saturated heterocycles. The van der Waals surface area contributed by atoms with Gasteiger partial charge in [-0.15, -0.1) is 0 Å². The summed E-state index contributed by atoms with van der Waals surface area (Å²) in [5.74, 6) is -0.729. The number of hydrogen-bond donors (Lipinski definition) is 3. The second-order valence-electron chi connectivity index (χ2n) is 6.07. The first-order valence-corrected chi connectivity index (χ1v) is 7.13. The van der Waals surface area contributed by atoms with Crippen molar-refractivity contribution in [2.24, 2.45) is 11.7 Å². The van der Waals surface area contributed by atoms with Crippen LogP contribution in [0.4, 0.5) is 0 Å². The zero-order valence-corrected chi connectivity index (χ0v) is 11.9. The molecule has 1 atom stereocenters. The molecule has 5 nitrogen and oxygen atoms in total. The fourth-order valence-corrected chi connectivity index (χ4v) is 2.66. The average molecular weight is 270 g/mol. The molecule has 110 valence electrons. The summed E-state index contributed by atoms with van der Waals surface area (Å²) in [5, 5.41) is 12.0. The number of nitrogens with two attached hydrogens (primary N) is 1. The Morgan fingerprint density at radius 1 is 1.26 bits per heavy atom. The van der Waals surface area contributed by atoms with E-state index in [1.807, 2.05) is 13.8 Å². The summed E-state index contributed by atoms with van der Waals surface area (Å²) in [6.07, 6.45) is 4.84. The summed E-state index contributed by atoms with van der Waals surface area (Å²) in [7, 11) is 0. The highest BCUT2D eigenvalue weighted by Crippen LogP contribution is 2.31. The molecule has 0 aromatic heterocycles. The van der Waals surface area contributed by atoms with Crippen molar-refractivity contribution in [2.45, 2.75) is 70.4 Å². The van der Waals surface area contributed by atoms with Crippen LogP contribution < -0.4 is 11.1 Å². The Balaban J connectivity index is 2.61. The smallest absolute Gasteiger partial charge is 0.305 e. The minimum atomic E-state index is -0.852. The quantitative estimate of drug-likeness (QED) is 0.684. The van der Waals surface area contributed by atoms with E-state index in [9.17, 15) is 9.59 Å². The van der Waals surface area contributed by atoms with Crippen LogP contribution in [-0.4, -0.2) is 28.6 Å². The predicted octanol–water partition coefficient (Wildman–Crippen LogP) is 1.65. The van der Waals surface area contributed by atoms with Crippen molar-refractivity contribution in [3.05, 3.63) is 0 Å². The number of amides is 1. The van der Waals surface area contributed by atoms with E-state index in [1.165, 1.54) is 0 Å². The molecule has 0 aliphatic heterocycles. The Labute approximate surface area is 114 Å². The molecule has 1 aliphatic rings. The van der Waals surface area contributed by atoms with Gasteiger partial charge in [-0.2, -0.15) is 0 Å². The lowest BCUT2D eigenvalue weighted by atomic mass is 9.79. The standard InChI is InChI=1S/C14H26N2O3/c1-10(2)11(15)8-12(17)16-14(9-13(18)19)6-4-3-5-7-14/h10-11H,3-9,15H2,1-2H3,(H,16,17)(H,18,19). The minimum absolute atomic E-state index is 0.00958. The van der Waals surface area contributed by atoms with Crippen LogP contribution in [-0.2, 0) is 9.59 Å². The van der Waals surface area contributed by atoms with Crippen molar-refractivity contribution in [3.8, 4) is 0 Å². The van der Waals surface area contributed by atoms with E-state index in [-0.39, 0.29) is 30.7 Å². The van der Waals surface area contributed by atoms with E-state index in [1.54, 1.807) is 0 Å². The van der Waals surface area contributed by atoms with Crippen LogP contribution in [0, 0.1) is 5.92 Å². The molecular weight excluding hydrogens is 244 g/mol. The Kier molecular flexibility index (Phi) is 5.79. The normalized spacial score (nSPS) is 20.0. The average Bonchev–Trinajstić information content (AvgIpc) is 2.28. The molecule has 0 aromatic rings. The van der Waals surface area contributed by atoms with E-state index in [2.05, 4.69) is 5.32 Å². The highest BCUT2D eigenvalue weighted by Gasteiger charge is 2.36. The van der Waals surface area contributed by atoms with Crippen LogP contribution in [0.25, 0.3) is 0 Å². The number of carbonyl (C=O) groups is 2. The van der Waals surface area contributed by atoms with E-state index in [0.717, 1.165) is 32.1 Å². The molecule has 1 rings (SSSR count). The van der Waals surface area contributed by atoms with Crippen molar-refractivity contribution in [1.82, 2.24) is 5.32 Å². The first-order chi connectivity index (χ1) is 8.84. The molecule has 5 heteroatoms. The SMILES string of the molecule is CC(C)C(N)CC(=O)NC1(CC(=O)O)CCCCC1. The van der Waals surface area contributed by atoms with Crippen molar-refractivity contribution in [3.63, 3.8) is 0 Å². The van der Waals surface area contributed by atoms with E-state index in [0.29, 0.717) is 0 Å². The maximum atomic E-state index is 12.0. The monoisotopic (exact) mass is 270 g/mol. The number of carboxylic acids is 1. The number of carboxylic acid groups (broad SMARTS) is 1. The van der Waals surface area contributed by atoms with E-state index in [4.69, 9.17) is 10.8 Å². The van der Waals surface area contributed by atoms with Crippen LogP contribution in [0.5, 0.6) is 0 Å². The van der Waals surface area contributed by atoms with Gasteiger partial charge in [0, 0.05) is 12.5 Å². The largest absolute Gasteiger partial charge is 0.481 e. The van der Waals surface area contributed by atoms with Gasteiger partial charge in [0.05, 0.1) is 12.0 Å². The Morgan fingerprint density at radius 3 is 2.32 bits per heavy atom. The van der Waals surface area contributed by atoms with E-state index < -0.39 is 11.5 Å². The Morgan fingerprint density at radius 2 is 1.84 bits per heavy atom. The van der Waals surface area contributed by atoms with E-state index >= 15 is 0 Å². The molecule has 0 aromatic carbocycles. The van der Waals surface area contributed by atoms with Gasteiger partial charge in [-0.3, -0.25) is 9.59 Å². The first kappa shape index (κ1) is 16.0. The summed E-state index contributed by atoms with van der Waals surface area (Å²) >= 11 is 0. The zero-order chi connectivity index (χ0) is 14.5. The van der Waals surface area contributed by atoms with Crippen LogP contribution in [0.2, 0.25) is 0 Å². The fourth-order valence-electron chi connectivity index (χ4n) is 2.66. The maximum Gasteiger partial charge on any atom is 0.305 e. The Hall–Kier alpha value is -1.10. The number of rotatable bonds is 6. The fraction of sp³-hybridized carbons (Fsp3) is 0.857. The molecule has 1 aliphatic carbocycles. The van der Waals surface area contributed by atoms with Crippen molar-refractivity contribution >= 4 is 11.9 Å². The van der Waals surface area contributed by atoms with Crippen molar-refractivity contribution in [2.75, 3.05) is 0 Å². The highest BCUT2D eigenvalue weighted by molar-refractivity contribution is 5.79. The second-order valence-corrected chi connectivity index (χ2v) is 6.07. The zero-order valence-electron chi connectivity index (χ0n) is 11.9. The molecule has 0 bridgehead atoms. The van der Waals surface area contributed by atoms with Crippen LogP contribution >= 0.6 is 0 Å². The number of carbonyl (C=O) groups excluding carboxylic acids is 1. The molecule has 1 fully saturated rings. The van der Waals surface area contributed by atoms with Gasteiger partial charge in [0.1, 0.15) is 0 Å². The highest BCUT2D eigenvalue weighted by atomic mass is 16.4. The Bertz CT molecular complexity index is 323. The molecule has 1 amide bonds. The molecule has 0 radical (unpaired) electrons. The summed E-state index contributed by atoms with van der Waals surface area (Å²) in [6.45, 7) is 3.96. The number of nitrogens with one attached hydrogen (secondary N) is 1. The van der Waals surface area contributed by atoms with Gasteiger partial charge in [-0.05, 0) is 18.8 Å². The summed E-state index contributed by atoms with van der Waals surface area (Å²) in [4.78, 5) is 23.0. The lowest BCUT2D eigenvalue weighted by molar-refractivity contribution is -0.139. The first-order valence-electron chi connectivity index (χ1n) is 7.13. The third-order valence-corrected chi connectivity index (χ3v) is 3.98. The van der Waals surface area contributed by atoms with Gasteiger partial charge < -0.3 is 16.2 Å². The summed E-state index contributed by atoms with van der Waals surface area (Å²) in [6, 6.07) is -0.175. The predicted molar refractivity (Wildman–Crippen MR) is 73.6 cm³/mol. The molecule has 1 unspecified atom stereocenters. The molecular formula is C14H26N2O3.